The van der Waals surface area contributed by atoms with Gasteiger partial charge in [-0.1, -0.05) is 39.0 Å². The van der Waals surface area contributed by atoms with Gasteiger partial charge in [-0.05, 0) is 72.1 Å². The summed E-state index contributed by atoms with van der Waals surface area (Å²) in [6.45, 7) is 5.80. The highest BCUT2D eigenvalue weighted by Gasteiger charge is 2.19. The van der Waals surface area contributed by atoms with Gasteiger partial charge in [0.25, 0.3) is 0 Å². The van der Waals surface area contributed by atoms with Gasteiger partial charge in [0.2, 0.25) is 0 Å². The third kappa shape index (κ3) is 11.1. The van der Waals surface area contributed by atoms with Crippen LogP contribution in [0.1, 0.15) is 84.0 Å². The van der Waals surface area contributed by atoms with Gasteiger partial charge in [0, 0.05) is 12.6 Å². The zero-order valence-electron chi connectivity index (χ0n) is 16.1. The maximum atomic E-state index is 6.04. The van der Waals surface area contributed by atoms with E-state index in [0.717, 1.165) is 12.6 Å². The quantitative estimate of drug-likeness (QED) is 0.472. The molecule has 0 radical (unpaired) electrons. The first-order valence-corrected chi connectivity index (χ1v) is 10.2. The van der Waals surface area contributed by atoms with E-state index < -0.39 is 0 Å². The lowest BCUT2D eigenvalue weighted by Gasteiger charge is -2.28. The number of hydrogen-bond acceptors (Lipinski definition) is 3. The first-order valence-electron chi connectivity index (χ1n) is 10.2. The third-order valence-corrected chi connectivity index (χ3v) is 5.26. The van der Waals surface area contributed by atoms with Gasteiger partial charge >= 0.3 is 0 Å². The molecule has 0 spiro atoms. The van der Waals surface area contributed by atoms with Crippen LogP contribution in [-0.2, 0) is 4.74 Å². The molecule has 0 aliphatic heterocycles. The Morgan fingerprint density at radius 3 is 2.13 bits per heavy atom. The Kier molecular flexibility index (Phi) is 13.0. The van der Waals surface area contributed by atoms with Crippen LogP contribution < -0.4 is 5.32 Å². The second kappa shape index (κ2) is 14.2. The van der Waals surface area contributed by atoms with Gasteiger partial charge in [-0.3, -0.25) is 0 Å². The summed E-state index contributed by atoms with van der Waals surface area (Å²) >= 11 is 0. The largest absolute Gasteiger partial charge is 0.378 e. The van der Waals surface area contributed by atoms with E-state index >= 15 is 0 Å². The van der Waals surface area contributed by atoms with Crippen molar-refractivity contribution in [3.63, 3.8) is 0 Å². The predicted molar refractivity (Wildman–Crippen MR) is 101 cm³/mol. The minimum Gasteiger partial charge on any atom is -0.378 e. The lowest BCUT2D eigenvalue weighted by Crippen LogP contribution is -2.33. The van der Waals surface area contributed by atoms with Crippen LogP contribution in [0, 0.1) is 0 Å². The van der Waals surface area contributed by atoms with Crippen LogP contribution in [0.3, 0.4) is 0 Å². The van der Waals surface area contributed by atoms with Crippen LogP contribution in [0.4, 0.5) is 0 Å². The van der Waals surface area contributed by atoms with Gasteiger partial charge in [-0.15, -0.1) is 0 Å². The molecule has 0 unspecified atom stereocenters. The number of nitrogens with zero attached hydrogens (tertiary/aromatic N) is 1. The Labute approximate surface area is 145 Å². The molecule has 1 aliphatic rings. The number of rotatable bonds is 14. The Morgan fingerprint density at radius 1 is 0.870 bits per heavy atom. The van der Waals surface area contributed by atoms with Crippen molar-refractivity contribution < 1.29 is 4.74 Å². The van der Waals surface area contributed by atoms with Crippen molar-refractivity contribution in [3.8, 4) is 0 Å². The van der Waals surface area contributed by atoms with E-state index in [-0.39, 0.29) is 0 Å². The highest BCUT2D eigenvalue weighted by atomic mass is 16.5. The molecule has 0 aromatic rings. The number of hydrogen-bond donors (Lipinski definition) is 1. The molecule has 0 amide bonds. The first-order chi connectivity index (χ1) is 11.3. The predicted octanol–water partition coefficient (Wildman–Crippen LogP) is 4.61. The molecule has 23 heavy (non-hydrogen) atoms. The molecule has 138 valence electrons. The minimum atomic E-state index is 0.538. The second-order valence-electron chi connectivity index (χ2n) is 7.41. The van der Waals surface area contributed by atoms with E-state index in [1.165, 1.54) is 90.1 Å². The molecule has 0 bridgehead atoms. The van der Waals surface area contributed by atoms with Crippen molar-refractivity contribution in [1.82, 2.24) is 10.2 Å². The van der Waals surface area contributed by atoms with Crippen LogP contribution in [0.15, 0.2) is 0 Å². The molecule has 1 aliphatic carbocycles. The van der Waals surface area contributed by atoms with Gasteiger partial charge in [-0.2, -0.15) is 0 Å². The number of nitrogens with one attached hydrogen (secondary N) is 1. The fourth-order valence-corrected chi connectivity index (χ4v) is 3.53. The molecule has 3 nitrogen and oxygen atoms in total. The Hall–Kier alpha value is -0.120. The zero-order valence-corrected chi connectivity index (χ0v) is 16.1. The lowest BCUT2D eigenvalue weighted by atomic mass is 9.93. The number of unbranched alkanes of at least 4 members (excludes halogenated alkanes) is 6. The summed E-state index contributed by atoms with van der Waals surface area (Å²) in [5, 5.41) is 3.38. The highest BCUT2D eigenvalue weighted by Crippen LogP contribution is 2.21. The Morgan fingerprint density at radius 2 is 1.48 bits per heavy atom. The Balaban J connectivity index is 1.81. The highest BCUT2D eigenvalue weighted by molar-refractivity contribution is 4.76. The standard InChI is InChI=1S/C20H42N2O/c1-4-5-9-16-22(3)17-10-7-6-8-11-18-23-20-14-12-19(21-2)13-15-20/h19-21H,4-18H2,1-3H3/t19-,20-. The smallest absolute Gasteiger partial charge is 0.0576 e. The molecule has 1 N–H and O–H groups in total. The Bertz CT molecular complexity index is 252. The van der Waals surface area contributed by atoms with Crippen molar-refractivity contribution >= 4 is 0 Å². The van der Waals surface area contributed by atoms with Gasteiger partial charge in [0.05, 0.1) is 6.10 Å². The summed E-state index contributed by atoms with van der Waals surface area (Å²) in [4.78, 5) is 2.50. The summed E-state index contributed by atoms with van der Waals surface area (Å²) in [6, 6.07) is 0.731. The summed E-state index contributed by atoms with van der Waals surface area (Å²) in [5.41, 5.74) is 0. The van der Waals surface area contributed by atoms with Crippen molar-refractivity contribution in [2.24, 2.45) is 0 Å². The summed E-state index contributed by atoms with van der Waals surface area (Å²) in [5.74, 6) is 0. The third-order valence-electron chi connectivity index (χ3n) is 5.26. The molecular formula is C20H42N2O. The average molecular weight is 327 g/mol. The molecule has 3 heteroatoms. The molecule has 0 atom stereocenters. The van der Waals surface area contributed by atoms with E-state index in [9.17, 15) is 0 Å². The molecule has 0 aromatic heterocycles. The topological polar surface area (TPSA) is 24.5 Å². The normalized spacial score (nSPS) is 21.9. The molecule has 0 saturated heterocycles. The van der Waals surface area contributed by atoms with Crippen LogP contribution in [0.25, 0.3) is 0 Å². The SMILES string of the molecule is CCCCCN(C)CCCCCCCO[C@H]1CC[C@H](NC)CC1. The first kappa shape index (κ1) is 20.9. The van der Waals surface area contributed by atoms with Crippen LogP contribution in [0.2, 0.25) is 0 Å². The maximum Gasteiger partial charge on any atom is 0.0576 e. The summed E-state index contributed by atoms with van der Waals surface area (Å²) in [6.07, 6.45) is 16.4. The van der Waals surface area contributed by atoms with Crippen LogP contribution in [0.5, 0.6) is 0 Å². The maximum absolute atomic E-state index is 6.04. The van der Waals surface area contributed by atoms with Crippen molar-refractivity contribution in [2.45, 2.75) is 96.1 Å². The van der Waals surface area contributed by atoms with E-state index in [4.69, 9.17) is 4.74 Å². The van der Waals surface area contributed by atoms with E-state index in [2.05, 4.69) is 31.2 Å². The van der Waals surface area contributed by atoms with Crippen molar-refractivity contribution in [1.29, 1.82) is 0 Å². The van der Waals surface area contributed by atoms with Crippen LogP contribution in [-0.4, -0.2) is 50.8 Å². The molecular weight excluding hydrogens is 284 g/mol. The lowest BCUT2D eigenvalue weighted by molar-refractivity contribution is 0.0210. The fourth-order valence-electron chi connectivity index (χ4n) is 3.53. The van der Waals surface area contributed by atoms with Gasteiger partial charge < -0.3 is 15.0 Å². The summed E-state index contributed by atoms with van der Waals surface area (Å²) < 4.78 is 6.04. The fraction of sp³-hybridized carbons (Fsp3) is 1.00. The zero-order chi connectivity index (χ0) is 16.8. The van der Waals surface area contributed by atoms with Gasteiger partial charge in [0.1, 0.15) is 0 Å². The van der Waals surface area contributed by atoms with E-state index in [0.29, 0.717) is 6.10 Å². The monoisotopic (exact) mass is 326 g/mol. The van der Waals surface area contributed by atoms with Gasteiger partial charge in [-0.25, -0.2) is 0 Å². The summed E-state index contributed by atoms with van der Waals surface area (Å²) in [7, 11) is 4.35. The van der Waals surface area contributed by atoms with Crippen LogP contribution >= 0.6 is 0 Å². The van der Waals surface area contributed by atoms with Crippen molar-refractivity contribution in [2.75, 3.05) is 33.8 Å². The van der Waals surface area contributed by atoms with E-state index in [1.807, 2.05) is 0 Å². The second-order valence-corrected chi connectivity index (χ2v) is 7.41. The molecule has 1 saturated carbocycles. The molecule has 1 rings (SSSR count). The molecule has 1 fully saturated rings. The average Bonchev–Trinajstić information content (AvgIpc) is 2.58. The number of ether oxygens (including phenoxy) is 1. The van der Waals surface area contributed by atoms with Gasteiger partial charge in [0.15, 0.2) is 0 Å². The molecule has 0 heterocycles. The minimum absolute atomic E-state index is 0.538. The van der Waals surface area contributed by atoms with Crippen molar-refractivity contribution in [3.05, 3.63) is 0 Å². The van der Waals surface area contributed by atoms with E-state index in [1.54, 1.807) is 0 Å². The molecule has 0 aromatic carbocycles.